The van der Waals surface area contributed by atoms with Gasteiger partial charge in [0.25, 0.3) is 5.91 Å². The number of halogens is 1. The molecule has 2 aromatic carbocycles. The summed E-state index contributed by atoms with van der Waals surface area (Å²) in [5.74, 6) is -0.826. The van der Waals surface area contributed by atoms with Crippen LogP contribution in [0.3, 0.4) is 0 Å². The van der Waals surface area contributed by atoms with E-state index >= 15 is 0 Å². The number of thiazole rings is 1. The Balaban J connectivity index is 1.56. The number of nitrogens with zero attached hydrogens (tertiary/aromatic N) is 1. The highest BCUT2D eigenvalue weighted by Gasteiger charge is 2.12. The third-order valence-electron chi connectivity index (χ3n) is 3.35. The van der Waals surface area contributed by atoms with Crippen LogP contribution in [0.5, 0.6) is 0 Å². The van der Waals surface area contributed by atoms with E-state index < -0.39 is 5.91 Å². The summed E-state index contributed by atoms with van der Waals surface area (Å²) in [7, 11) is 0. The van der Waals surface area contributed by atoms with Gasteiger partial charge >= 0.3 is 0 Å². The first-order valence-corrected chi connectivity index (χ1v) is 8.73. The van der Waals surface area contributed by atoms with E-state index in [1.54, 1.807) is 24.3 Å². The summed E-state index contributed by atoms with van der Waals surface area (Å²) < 4.78 is 0. The normalized spacial score (nSPS) is 10.3. The van der Waals surface area contributed by atoms with E-state index in [4.69, 9.17) is 11.6 Å². The Hall–Kier alpha value is -2.70. The molecule has 0 atom stereocenters. The molecule has 0 fully saturated rings. The second-order valence-corrected chi connectivity index (χ2v) is 6.43. The van der Waals surface area contributed by atoms with Crippen LogP contribution in [0.1, 0.15) is 16.1 Å². The van der Waals surface area contributed by atoms with Gasteiger partial charge in [0.15, 0.2) is 0 Å². The number of aromatic nitrogens is 1. The van der Waals surface area contributed by atoms with Crippen molar-refractivity contribution in [3.8, 4) is 10.6 Å². The van der Waals surface area contributed by atoms with Crippen molar-refractivity contribution in [2.45, 2.75) is 6.42 Å². The van der Waals surface area contributed by atoms with Gasteiger partial charge in [-0.15, -0.1) is 11.3 Å². The van der Waals surface area contributed by atoms with Gasteiger partial charge in [-0.3, -0.25) is 20.4 Å². The molecule has 0 aliphatic rings. The SMILES string of the molecule is O=C(Cc1csc(-c2ccccc2)n1)NNC(=O)c1ccccc1Cl. The molecule has 3 rings (SSSR count). The van der Waals surface area contributed by atoms with Gasteiger partial charge in [-0.2, -0.15) is 0 Å². The summed E-state index contributed by atoms with van der Waals surface area (Å²) in [4.78, 5) is 28.4. The third-order valence-corrected chi connectivity index (χ3v) is 4.62. The molecule has 1 aromatic heterocycles. The molecular formula is C18H14ClN3O2S. The number of benzene rings is 2. The van der Waals surface area contributed by atoms with Crippen LogP contribution in [0.2, 0.25) is 5.02 Å². The zero-order valence-electron chi connectivity index (χ0n) is 13.0. The van der Waals surface area contributed by atoms with E-state index in [1.807, 2.05) is 35.7 Å². The molecule has 7 heteroatoms. The number of carbonyl (C=O) groups excluding carboxylic acids is 2. The maximum atomic E-state index is 12.0. The first-order chi connectivity index (χ1) is 12.1. The van der Waals surface area contributed by atoms with E-state index in [0.717, 1.165) is 10.6 Å². The minimum Gasteiger partial charge on any atom is -0.273 e. The number of hydrogen-bond donors (Lipinski definition) is 2. The number of hydrazine groups is 1. The van der Waals surface area contributed by atoms with Crippen LogP contribution in [0, 0.1) is 0 Å². The zero-order chi connectivity index (χ0) is 17.6. The summed E-state index contributed by atoms with van der Waals surface area (Å²) >= 11 is 7.41. The van der Waals surface area contributed by atoms with E-state index in [2.05, 4.69) is 15.8 Å². The van der Waals surface area contributed by atoms with Crippen molar-refractivity contribution < 1.29 is 9.59 Å². The maximum Gasteiger partial charge on any atom is 0.271 e. The smallest absolute Gasteiger partial charge is 0.271 e. The largest absolute Gasteiger partial charge is 0.273 e. The minimum absolute atomic E-state index is 0.0755. The predicted octanol–water partition coefficient (Wildman–Crippen LogP) is 3.47. The summed E-state index contributed by atoms with van der Waals surface area (Å²) in [5, 5.41) is 3.00. The average Bonchev–Trinajstić information content (AvgIpc) is 3.09. The molecule has 0 aliphatic carbocycles. The summed E-state index contributed by atoms with van der Waals surface area (Å²) in [6.07, 6.45) is 0.0755. The number of rotatable bonds is 4. The Morgan fingerprint density at radius 2 is 1.72 bits per heavy atom. The fraction of sp³-hybridized carbons (Fsp3) is 0.0556. The van der Waals surface area contributed by atoms with Crippen molar-refractivity contribution in [3.05, 3.63) is 76.3 Å². The second-order valence-electron chi connectivity index (χ2n) is 5.17. The highest BCUT2D eigenvalue weighted by molar-refractivity contribution is 7.13. The van der Waals surface area contributed by atoms with Gasteiger partial charge < -0.3 is 0 Å². The first-order valence-electron chi connectivity index (χ1n) is 7.47. The Morgan fingerprint density at radius 1 is 1.00 bits per heavy atom. The van der Waals surface area contributed by atoms with Crippen LogP contribution < -0.4 is 10.9 Å². The number of carbonyl (C=O) groups is 2. The van der Waals surface area contributed by atoms with Gasteiger partial charge in [-0.1, -0.05) is 54.1 Å². The molecule has 0 bridgehead atoms. The van der Waals surface area contributed by atoms with Crippen LogP contribution in [0.25, 0.3) is 10.6 Å². The van der Waals surface area contributed by atoms with Gasteiger partial charge in [0.1, 0.15) is 5.01 Å². The van der Waals surface area contributed by atoms with E-state index in [-0.39, 0.29) is 12.3 Å². The Kier molecular flexibility index (Phi) is 5.42. The summed E-state index contributed by atoms with van der Waals surface area (Å²) in [5.41, 5.74) is 6.67. The molecule has 126 valence electrons. The molecule has 0 aliphatic heterocycles. The zero-order valence-corrected chi connectivity index (χ0v) is 14.6. The summed E-state index contributed by atoms with van der Waals surface area (Å²) in [6.45, 7) is 0. The highest BCUT2D eigenvalue weighted by Crippen LogP contribution is 2.23. The van der Waals surface area contributed by atoms with Gasteiger partial charge in [0.2, 0.25) is 5.91 Å². The fourth-order valence-corrected chi connectivity index (χ4v) is 3.20. The van der Waals surface area contributed by atoms with Crippen LogP contribution >= 0.6 is 22.9 Å². The highest BCUT2D eigenvalue weighted by atomic mass is 35.5. The minimum atomic E-state index is -0.470. The fourth-order valence-electron chi connectivity index (χ4n) is 2.15. The van der Waals surface area contributed by atoms with E-state index in [1.165, 1.54) is 11.3 Å². The molecule has 25 heavy (non-hydrogen) atoms. The lowest BCUT2D eigenvalue weighted by molar-refractivity contribution is -0.121. The molecule has 0 radical (unpaired) electrons. The van der Waals surface area contributed by atoms with Crippen LogP contribution in [0.4, 0.5) is 0 Å². The quantitative estimate of drug-likeness (QED) is 0.690. The van der Waals surface area contributed by atoms with E-state index in [0.29, 0.717) is 16.3 Å². The molecule has 0 unspecified atom stereocenters. The van der Waals surface area contributed by atoms with Crippen LogP contribution in [-0.2, 0) is 11.2 Å². The van der Waals surface area contributed by atoms with Gasteiger partial charge in [-0.05, 0) is 12.1 Å². The third kappa shape index (κ3) is 4.43. The Morgan fingerprint density at radius 3 is 2.48 bits per heavy atom. The first kappa shape index (κ1) is 17.1. The molecule has 0 spiro atoms. The van der Waals surface area contributed by atoms with Crippen molar-refractivity contribution in [1.82, 2.24) is 15.8 Å². The average molecular weight is 372 g/mol. The monoisotopic (exact) mass is 371 g/mol. The number of nitrogens with one attached hydrogen (secondary N) is 2. The predicted molar refractivity (Wildman–Crippen MR) is 98.3 cm³/mol. The van der Waals surface area contributed by atoms with Crippen molar-refractivity contribution in [2.75, 3.05) is 0 Å². The van der Waals surface area contributed by atoms with Gasteiger partial charge in [-0.25, -0.2) is 4.98 Å². The van der Waals surface area contributed by atoms with E-state index in [9.17, 15) is 9.59 Å². The topological polar surface area (TPSA) is 71.1 Å². The van der Waals surface area contributed by atoms with Gasteiger partial charge in [0.05, 0.1) is 22.7 Å². The standard InChI is InChI=1S/C18H14ClN3O2S/c19-15-9-5-4-8-14(15)17(24)22-21-16(23)10-13-11-25-18(20-13)12-6-2-1-3-7-12/h1-9,11H,10H2,(H,21,23)(H,22,24). The van der Waals surface area contributed by atoms with Crippen molar-refractivity contribution >= 4 is 34.8 Å². The number of hydrogen-bond acceptors (Lipinski definition) is 4. The molecular weight excluding hydrogens is 358 g/mol. The van der Waals surface area contributed by atoms with Crippen molar-refractivity contribution in [2.24, 2.45) is 0 Å². The van der Waals surface area contributed by atoms with Crippen LogP contribution in [0.15, 0.2) is 60.0 Å². The molecule has 2 N–H and O–H groups in total. The van der Waals surface area contributed by atoms with Crippen LogP contribution in [-0.4, -0.2) is 16.8 Å². The lowest BCUT2D eigenvalue weighted by Gasteiger charge is -2.07. The Bertz CT molecular complexity index is 896. The maximum absolute atomic E-state index is 12.0. The Labute approximate surface area is 153 Å². The lowest BCUT2D eigenvalue weighted by atomic mass is 10.2. The second kappa shape index (κ2) is 7.92. The number of amides is 2. The summed E-state index contributed by atoms with van der Waals surface area (Å²) in [6, 6.07) is 16.4. The molecule has 0 saturated carbocycles. The molecule has 0 saturated heterocycles. The van der Waals surface area contributed by atoms with Crippen molar-refractivity contribution in [3.63, 3.8) is 0 Å². The molecule has 1 heterocycles. The lowest BCUT2D eigenvalue weighted by Crippen LogP contribution is -2.42. The van der Waals surface area contributed by atoms with Gasteiger partial charge in [0, 0.05) is 10.9 Å². The molecule has 5 nitrogen and oxygen atoms in total. The molecule has 2 amide bonds. The molecule has 3 aromatic rings. The van der Waals surface area contributed by atoms with Crippen molar-refractivity contribution in [1.29, 1.82) is 0 Å².